The third kappa shape index (κ3) is 4.29. The number of carbonyl (C=O) groups excluding carboxylic acids is 1. The fourth-order valence-electron chi connectivity index (χ4n) is 2.76. The van der Waals surface area contributed by atoms with Crippen LogP contribution >= 0.6 is 23.4 Å². The lowest BCUT2D eigenvalue weighted by Gasteiger charge is -2.13. The summed E-state index contributed by atoms with van der Waals surface area (Å²) in [5, 5.41) is 9.58. The second-order valence-electron chi connectivity index (χ2n) is 6.04. The molecule has 0 N–H and O–H groups in total. The Morgan fingerprint density at radius 3 is 2.64 bits per heavy atom. The summed E-state index contributed by atoms with van der Waals surface area (Å²) in [7, 11) is 1.62. The molecule has 1 atom stereocenters. The molecule has 7 heteroatoms. The Balaban J connectivity index is 1.90. The molecule has 144 valence electrons. The van der Waals surface area contributed by atoms with E-state index in [4.69, 9.17) is 16.3 Å². The van der Waals surface area contributed by atoms with Crippen molar-refractivity contribution in [1.29, 1.82) is 0 Å². The van der Waals surface area contributed by atoms with Crippen LogP contribution in [0.5, 0.6) is 5.75 Å². The van der Waals surface area contributed by atoms with Gasteiger partial charge in [-0.15, -0.1) is 16.8 Å². The second-order valence-corrected chi connectivity index (χ2v) is 7.78. The molecule has 0 aliphatic heterocycles. The number of allylic oxidation sites excluding steroid dienone is 1. The van der Waals surface area contributed by atoms with Crippen molar-refractivity contribution in [1.82, 2.24) is 14.8 Å². The molecule has 0 saturated carbocycles. The Kier molecular flexibility index (Phi) is 6.54. The Hall–Kier alpha value is -2.57. The average molecular weight is 414 g/mol. The zero-order valence-electron chi connectivity index (χ0n) is 15.6. The number of carbonyl (C=O) groups is 1. The van der Waals surface area contributed by atoms with Crippen LogP contribution in [0.25, 0.3) is 11.4 Å². The molecular weight excluding hydrogens is 394 g/mol. The van der Waals surface area contributed by atoms with Gasteiger partial charge in [-0.2, -0.15) is 0 Å². The highest BCUT2D eigenvalue weighted by Gasteiger charge is 2.22. The molecule has 0 aliphatic carbocycles. The molecule has 0 amide bonds. The van der Waals surface area contributed by atoms with E-state index in [-0.39, 0.29) is 11.0 Å². The van der Waals surface area contributed by atoms with Crippen LogP contribution in [-0.4, -0.2) is 32.9 Å². The van der Waals surface area contributed by atoms with Crippen molar-refractivity contribution in [2.75, 3.05) is 7.11 Å². The highest BCUT2D eigenvalue weighted by atomic mass is 35.5. The van der Waals surface area contributed by atoms with Crippen LogP contribution in [0, 0.1) is 0 Å². The summed E-state index contributed by atoms with van der Waals surface area (Å²) in [6, 6.07) is 14.5. The van der Waals surface area contributed by atoms with E-state index < -0.39 is 0 Å². The number of para-hydroxylation sites is 1. The minimum atomic E-state index is -0.334. The first-order valence-corrected chi connectivity index (χ1v) is 9.94. The van der Waals surface area contributed by atoms with E-state index in [0.29, 0.717) is 33.9 Å². The molecule has 0 aliphatic rings. The summed E-state index contributed by atoms with van der Waals surface area (Å²) in [5.41, 5.74) is 1.45. The van der Waals surface area contributed by atoms with Gasteiger partial charge in [0.1, 0.15) is 5.75 Å². The van der Waals surface area contributed by atoms with Crippen molar-refractivity contribution in [3.8, 4) is 17.1 Å². The predicted octanol–water partition coefficient (Wildman–Crippen LogP) is 5.16. The molecule has 0 spiro atoms. The fraction of sp³-hybridized carbons (Fsp3) is 0.190. The Labute approximate surface area is 173 Å². The van der Waals surface area contributed by atoms with Crippen molar-refractivity contribution in [2.45, 2.75) is 23.9 Å². The summed E-state index contributed by atoms with van der Waals surface area (Å²) in [6.07, 6.45) is 1.78. The van der Waals surface area contributed by atoms with Gasteiger partial charge in [0, 0.05) is 17.1 Å². The molecule has 0 bridgehead atoms. The number of hydrogen-bond donors (Lipinski definition) is 0. The first-order valence-electron chi connectivity index (χ1n) is 8.69. The van der Waals surface area contributed by atoms with Gasteiger partial charge in [0.25, 0.3) is 0 Å². The highest BCUT2D eigenvalue weighted by molar-refractivity contribution is 8.00. The number of rotatable bonds is 8. The normalized spacial score (nSPS) is 11.8. The molecule has 0 saturated heterocycles. The minimum absolute atomic E-state index is 0.00802. The maximum atomic E-state index is 12.7. The summed E-state index contributed by atoms with van der Waals surface area (Å²) in [6.45, 7) is 6.20. The van der Waals surface area contributed by atoms with Gasteiger partial charge < -0.3 is 4.74 Å². The molecule has 0 unspecified atom stereocenters. The molecule has 0 radical (unpaired) electrons. The number of benzene rings is 2. The van der Waals surface area contributed by atoms with Crippen LogP contribution in [-0.2, 0) is 6.54 Å². The van der Waals surface area contributed by atoms with Crippen molar-refractivity contribution >= 4 is 29.1 Å². The van der Waals surface area contributed by atoms with Crippen molar-refractivity contribution in [3.63, 3.8) is 0 Å². The molecule has 3 rings (SSSR count). The summed E-state index contributed by atoms with van der Waals surface area (Å²) in [4.78, 5) is 12.7. The quantitative estimate of drug-likeness (QED) is 0.290. The summed E-state index contributed by atoms with van der Waals surface area (Å²) in [5.74, 6) is 1.39. The van der Waals surface area contributed by atoms with Gasteiger partial charge in [0.05, 0.1) is 17.9 Å². The van der Waals surface area contributed by atoms with E-state index in [9.17, 15) is 4.79 Å². The number of aromatic nitrogens is 3. The Bertz CT molecular complexity index is 986. The van der Waals surface area contributed by atoms with E-state index in [1.807, 2.05) is 35.8 Å². The van der Waals surface area contributed by atoms with Gasteiger partial charge in [0.15, 0.2) is 16.8 Å². The Morgan fingerprint density at radius 2 is 1.96 bits per heavy atom. The molecule has 5 nitrogen and oxygen atoms in total. The Morgan fingerprint density at radius 1 is 1.25 bits per heavy atom. The molecular formula is C21H20ClN3O2S. The maximum Gasteiger partial charge on any atom is 0.192 e. The monoisotopic (exact) mass is 413 g/mol. The number of ketones is 1. The zero-order valence-corrected chi connectivity index (χ0v) is 17.2. The van der Waals surface area contributed by atoms with Gasteiger partial charge >= 0.3 is 0 Å². The van der Waals surface area contributed by atoms with Crippen LogP contribution in [0.3, 0.4) is 0 Å². The molecule has 1 heterocycles. The number of halogens is 1. The van der Waals surface area contributed by atoms with Crippen LogP contribution in [0.4, 0.5) is 0 Å². The predicted molar refractivity (Wildman–Crippen MR) is 113 cm³/mol. The van der Waals surface area contributed by atoms with Gasteiger partial charge in [0.2, 0.25) is 0 Å². The molecule has 28 heavy (non-hydrogen) atoms. The third-order valence-electron chi connectivity index (χ3n) is 4.16. The number of Topliss-reactive ketones (excluding diaryl/α,β-unsaturated/α-hetero) is 1. The lowest BCUT2D eigenvalue weighted by Crippen LogP contribution is -2.14. The van der Waals surface area contributed by atoms with Crippen molar-refractivity contribution in [3.05, 3.63) is 71.8 Å². The van der Waals surface area contributed by atoms with Crippen LogP contribution < -0.4 is 4.74 Å². The van der Waals surface area contributed by atoms with Crippen LogP contribution in [0.1, 0.15) is 17.3 Å². The number of methoxy groups -OCH3 is 1. The van der Waals surface area contributed by atoms with Gasteiger partial charge in [-0.05, 0) is 43.3 Å². The summed E-state index contributed by atoms with van der Waals surface area (Å²) < 4.78 is 7.38. The van der Waals surface area contributed by atoms with E-state index >= 15 is 0 Å². The molecule has 3 aromatic rings. The van der Waals surface area contributed by atoms with E-state index in [2.05, 4.69) is 16.8 Å². The molecule has 2 aromatic carbocycles. The van der Waals surface area contributed by atoms with Crippen molar-refractivity contribution in [2.24, 2.45) is 0 Å². The second kappa shape index (κ2) is 9.08. The standard InChI is InChI=1S/C21H20ClN3O2S/c1-4-13-25-20(17-7-5-6-8-18(17)27-3)23-24-21(25)28-14(2)19(26)15-9-11-16(22)12-10-15/h4-12,14H,1,13H2,2-3H3/t14-/m1/s1. The third-order valence-corrected chi connectivity index (χ3v) is 5.49. The summed E-state index contributed by atoms with van der Waals surface area (Å²) >= 11 is 7.27. The lowest BCUT2D eigenvalue weighted by molar-refractivity contribution is 0.0994. The number of ether oxygens (including phenoxy) is 1. The first-order chi connectivity index (χ1) is 13.5. The van der Waals surface area contributed by atoms with E-state index in [1.165, 1.54) is 11.8 Å². The number of thioether (sulfide) groups is 1. The highest BCUT2D eigenvalue weighted by Crippen LogP contribution is 2.32. The number of nitrogens with zero attached hydrogens (tertiary/aromatic N) is 3. The van der Waals surface area contributed by atoms with Gasteiger partial charge in [-0.25, -0.2) is 0 Å². The SMILES string of the molecule is C=CCn1c(S[C@H](C)C(=O)c2ccc(Cl)cc2)nnc1-c1ccccc1OC. The zero-order chi connectivity index (χ0) is 20.1. The van der Waals surface area contributed by atoms with Crippen LogP contribution in [0.15, 0.2) is 66.3 Å². The van der Waals surface area contributed by atoms with E-state index in [1.54, 1.807) is 37.5 Å². The smallest absolute Gasteiger partial charge is 0.192 e. The average Bonchev–Trinajstić information content (AvgIpc) is 3.10. The van der Waals surface area contributed by atoms with Crippen molar-refractivity contribution < 1.29 is 9.53 Å². The van der Waals surface area contributed by atoms with Gasteiger partial charge in [-0.1, -0.05) is 41.6 Å². The molecule has 1 aromatic heterocycles. The van der Waals surface area contributed by atoms with Crippen LogP contribution in [0.2, 0.25) is 5.02 Å². The first kappa shape index (κ1) is 20.2. The topological polar surface area (TPSA) is 57.0 Å². The molecule has 0 fully saturated rings. The number of hydrogen-bond acceptors (Lipinski definition) is 5. The maximum absolute atomic E-state index is 12.7. The van der Waals surface area contributed by atoms with E-state index in [0.717, 1.165) is 5.56 Å². The lowest BCUT2D eigenvalue weighted by atomic mass is 10.1. The largest absolute Gasteiger partial charge is 0.496 e. The fourth-order valence-corrected chi connectivity index (χ4v) is 3.82. The van der Waals surface area contributed by atoms with Gasteiger partial charge in [-0.3, -0.25) is 9.36 Å². The minimum Gasteiger partial charge on any atom is -0.496 e.